The lowest BCUT2D eigenvalue weighted by Crippen LogP contribution is -2.43. The van der Waals surface area contributed by atoms with E-state index in [1.54, 1.807) is 0 Å². The molecule has 0 amide bonds. The van der Waals surface area contributed by atoms with Crippen LogP contribution in [0.1, 0.15) is 58.8 Å². The van der Waals surface area contributed by atoms with Crippen molar-refractivity contribution in [2.75, 3.05) is 0 Å². The van der Waals surface area contributed by atoms with Gasteiger partial charge in [0.25, 0.3) is 0 Å². The van der Waals surface area contributed by atoms with Crippen LogP contribution in [0.25, 0.3) is 0 Å². The normalized spacial score (nSPS) is 15.1. The Hall–Kier alpha value is -0.860. The van der Waals surface area contributed by atoms with Crippen molar-refractivity contribution in [3.05, 3.63) is 35.4 Å². The lowest BCUT2D eigenvalue weighted by molar-refractivity contribution is 0.100. The molecule has 20 heavy (non-hydrogen) atoms. The summed E-state index contributed by atoms with van der Waals surface area (Å²) < 4.78 is 0. The van der Waals surface area contributed by atoms with Gasteiger partial charge >= 0.3 is 0 Å². The van der Waals surface area contributed by atoms with E-state index in [4.69, 9.17) is 0 Å². The second kappa shape index (κ2) is 7.80. The molecule has 0 spiro atoms. The van der Waals surface area contributed by atoms with Gasteiger partial charge in [-0.2, -0.15) is 0 Å². The fourth-order valence-electron chi connectivity index (χ4n) is 2.56. The summed E-state index contributed by atoms with van der Waals surface area (Å²) in [6.45, 7) is 13.0. The quantitative estimate of drug-likeness (QED) is 0.791. The van der Waals surface area contributed by atoms with Crippen molar-refractivity contribution >= 4 is 0 Å². The summed E-state index contributed by atoms with van der Waals surface area (Å²) in [6.07, 6.45) is 0.638. The fourth-order valence-corrected chi connectivity index (χ4v) is 2.56. The first-order valence-electron chi connectivity index (χ1n) is 7.84. The minimum atomic E-state index is -0.453. The number of aliphatic hydroxyl groups is 1. The second-order valence-electron chi connectivity index (χ2n) is 6.88. The van der Waals surface area contributed by atoms with Crippen LogP contribution in [0.15, 0.2) is 24.3 Å². The number of hydrogen-bond acceptors (Lipinski definition) is 2. The maximum Gasteiger partial charge on any atom is 0.0945 e. The van der Waals surface area contributed by atoms with E-state index >= 15 is 0 Å². The second-order valence-corrected chi connectivity index (χ2v) is 6.88. The molecule has 0 bridgehead atoms. The third-order valence-electron chi connectivity index (χ3n) is 3.55. The third kappa shape index (κ3) is 5.26. The Kier molecular flexibility index (Phi) is 6.70. The molecule has 1 aromatic carbocycles. The number of nitrogens with one attached hydrogen (secondary N) is 1. The molecule has 0 fully saturated rings. The van der Waals surface area contributed by atoms with E-state index in [9.17, 15) is 5.11 Å². The van der Waals surface area contributed by atoms with Crippen LogP contribution in [-0.2, 0) is 6.42 Å². The van der Waals surface area contributed by atoms with Gasteiger partial charge in [0.15, 0.2) is 0 Å². The molecule has 0 aliphatic rings. The Labute approximate surface area is 124 Å². The average Bonchev–Trinajstić information content (AvgIpc) is 2.35. The molecule has 0 aromatic heterocycles. The molecule has 114 valence electrons. The zero-order chi connectivity index (χ0) is 15.3. The molecule has 0 saturated heterocycles. The van der Waals surface area contributed by atoms with Crippen molar-refractivity contribution in [1.29, 1.82) is 0 Å². The Morgan fingerprint density at radius 3 is 1.90 bits per heavy atom. The summed E-state index contributed by atoms with van der Waals surface area (Å²) >= 11 is 0. The van der Waals surface area contributed by atoms with E-state index in [1.807, 2.05) is 0 Å². The van der Waals surface area contributed by atoms with Crippen molar-refractivity contribution in [3.63, 3.8) is 0 Å². The van der Waals surface area contributed by atoms with Crippen LogP contribution in [0.4, 0.5) is 0 Å². The zero-order valence-electron chi connectivity index (χ0n) is 13.9. The maximum absolute atomic E-state index is 10.6. The van der Waals surface area contributed by atoms with Crippen LogP contribution in [-0.4, -0.2) is 17.2 Å². The van der Waals surface area contributed by atoms with Gasteiger partial charge in [-0.15, -0.1) is 0 Å². The summed E-state index contributed by atoms with van der Waals surface area (Å²) in [4.78, 5) is 0. The largest absolute Gasteiger partial charge is 0.387 e. The molecule has 0 aliphatic carbocycles. The Morgan fingerprint density at radius 2 is 1.50 bits per heavy atom. The van der Waals surface area contributed by atoms with Crippen LogP contribution in [0.2, 0.25) is 0 Å². The predicted octanol–water partition coefficient (Wildman–Crippen LogP) is 3.94. The first kappa shape index (κ1) is 17.2. The molecule has 0 heterocycles. The van der Waals surface area contributed by atoms with Crippen molar-refractivity contribution in [2.24, 2.45) is 11.8 Å². The molecule has 1 rings (SSSR count). The summed E-state index contributed by atoms with van der Waals surface area (Å²) in [5.41, 5.74) is 2.35. The predicted molar refractivity (Wildman–Crippen MR) is 86.8 cm³/mol. The number of rotatable bonds is 7. The van der Waals surface area contributed by atoms with E-state index in [0.29, 0.717) is 17.9 Å². The summed E-state index contributed by atoms with van der Waals surface area (Å²) in [7, 11) is 0. The van der Waals surface area contributed by atoms with E-state index < -0.39 is 6.10 Å². The molecule has 2 nitrogen and oxygen atoms in total. The zero-order valence-corrected chi connectivity index (χ0v) is 13.9. The standard InChI is InChI=1S/C18H31NO/c1-12(2)11-15-7-9-16(10-8-15)18(20)17(13(3)4)19-14(5)6/h7-10,12-14,17-20H,11H2,1-6H3. The van der Waals surface area contributed by atoms with Gasteiger partial charge in [0.05, 0.1) is 6.10 Å². The van der Waals surface area contributed by atoms with Gasteiger partial charge in [-0.3, -0.25) is 0 Å². The lowest BCUT2D eigenvalue weighted by Gasteiger charge is -2.30. The van der Waals surface area contributed by atoms with Gasteiger partial charge in [0.1, 0.15) is 0 Å². The molecule has 2 unspecified atom stereocenters. The van der Waals surface area contributed by atoms with Gasteiger partial charge in [-0.05, 0) is 29.4 Å². The highest BCUT2D eigenvalue weighted by atomic mass is 16.3. The van der Waals surface area contributed by atoms with Crippen LogP contribution in [0.3, 0.4) is 0 Å². The highest BCUT2D eigenvalue weighted by molar-refractivity contribution is 5.25. The van der Waals surface area contributed by atoms with E-state index in [1.165, 1.54) is 5.56 Å². The SMILES string of the molecule is CC(C)Cc1ccc(C(O)C(NC(C)C)C(C)C)cc1. The molecule has 0 radical (unpaired) electrons. The smallest absolute Gasteiger partial charge is 0.0945 e. The van der Waals surface area contributed by atoms with Gasteiger partial charge in [0.2, 0.25) is 0 Å². The highest BCUT2D eigenvalue weighted by Crippen LogP contribution is 2.23. The molecule has 2 heteroatoms. The molecule has 2 atom stereocenters. The van der Waals surface area contributed by atoms with E-state index in [-0.39, 0.29) is 6.04 Å². The van der Waals surface area contributed by atoms with Crippen molar-refractivity contribution in [1.82, 2.24) is 5.32 Å². The van der Waals surface area contributed by atoms with Gasteiger partial charge in [0, 0.05) is 12.1 Å². The average molecular weight is 277 g/mol. The van der Waals surface area contributed by atoms with Gasteiger partial charge < -0.3 is 10.4 Å². The van der Waals surface area contributed by atoms with Gasteiger partial charge in [-0.25, -0.2) is 0 Å². The topological polar surface area (TPSA) is 32.3 Å². The minimum Gasteiger partial charge on any atom is -0.387 e. The first-order chi connectivity index (χ1) is 9.31. The van der Waals surface area contributed by atoms with Crippen molar-refractivity contribution in [2.45, 2.75) is 66.2 Å². The molecule has 0 saturated carbocycles. The third-order valence-corrected chi connectivity index (χ3v) is 3.55. The van der Waals surface area contributed by atoms with Crippen molar-refractivity contribution in [3.8, 4) is 0 Å². The fraction of sp³-hybridized carbons (Fsp3) is 0.667. The molecule has 2 N–H and O–H groups in total. The van der Waals surface area contributed by atoms with Crippen molar-refractivity contribution < 1.29 is 5.11 Å². The Bertz CT molecular complexity index is 381. The Morgan fingerprint density at radius 1 is 0.950 bits per heavy atom. The van der Waals surface area contributed by atoms with E-state index in [2.05, 4.69) is 71.1 Å². The number of benzene rings is 1. The number of hydrogen-bond donors (Lipinski definition) is 2. The summed E-state index contributed by atoms with van der Waals surface area (Å²) in [5.74, 6) is 1.06. The highest BCUT2D eigenvalue weighted by Gasteiger charge is 2.24. The molecular formula is C18H31NO. The van der Waals surface area contributed by atoms with Crippen LogP contribution < -0.4 is 5.32 Å². The molecule has 1 aromatic rings. The lowest BCUT2D eigenvalue weighted by atomic mass is 9.91. The first-order valence-corrected chi connectivity index (χ1v) is 7.84. The maximum atomic E-state index is 10.6. The molecule has 0 aliphatic heterocycles. The Balaban J connectivity index is 2.81. The minimum absolute atomic E-state index is 0.0888. The molecular weight excluding hydrogens is 246 g/mol. The number of aliphatic hydroxyl groups excluding tert-OH is 1. The van der Waals surface area contributed by atoms with Crippen LogP contribution >= 0.6 is 0 Å². The van der Waals surface area contributed by atoms with Crippen LogP contribution in [0.5, 0.6) is 0 Å². The van der Waals surface area contributed by atoms with Crippen LogP contribution in [0, 0.1) is 11.8 Å². The summed E-state index contributed by atoms with van der Waals surface area (Å²) in [5, 5.41) is 14.1. The summed E-state index contributed by atoms with van der Waals surface area (Å²) in [6, 6.07) is 8.89. The van der Waals surface area contributed by atoms with Gasteiger partial charge in [-0.1, -0.05) is 65.8 Å². The monoisotopic (exact) mass is 277 g/mol. The van der Waals surface area contributed by atoms with E-state index in [0.717, 1.165) is 12.0 Å².